The second-order valence-corrected chi connectivity index (χ2v) is 3.79. The van der Waals surface area contributed by atoms with Crippen molar-refractivity contribution >= 4 is 0 Å². The average Bonchev–Trinajstić information content (AvgIpc) is 2.11. The Balaban J connectivity index is 3.44. The fraction of sp³-hybridized carbons (Fsp3) is 1.00. The molecule has 0 spiro atoms. The van der Waals surface area contributed by atoms with E-state index in [4.69, 9.17) is 9.47 Å². The Hall–Kier alpha value is -0.160. The number of methoxy groups -OCH3 is 1. The molecule has 86 valence electrons. The topological polar surface area (TPSA) is 41.9 Å². The van der Waals surface area contributed by atoms with Crippen LogP contribution in [0.3, 0.4) is 0 Å². The monoisotopic (exact) mass is 205 g/mol. The smallest absolute Gasteiger partial charge is 0.0900 e. The van der Waals surface area contributed by atoms with Gasteiger partial charge in [0.05, 0.1) is 25.4 Å². The first kappa shape index (κ1) is 13.8. The van der Waals surface area contributed by atoms with Gasteiger partial charge in [0.1, 0.15) is 0 Å². The molecule has 0 bridgehead atoms. The molecule has 0 aliphatic carbocycles. The van der Waals surface area contributed by atoms with Crippen LogP contribution < -0.4 is 0 Å². The van der Waals surface area contributed by atoms with E-state index in [9.17, 15) is 5.11 Å². The minimum absolute atomic E-state index is 0.175. The van der Waals surface area contributed by atoms with Crippen molar-refractivity contribution in [3.63, 3.8) is 0 Å². The number of aliphatic hydroxyl groups excluding tert-OH is 1. The van der Waals surface area contributed by atoms with Gasteiger partial charge in [-0.2, -0.15) is 0 Å². The number of hydrogen-bond acceptors (Lipinski definition) is 4. The van der Waals surface area contributed by atoms with E-state index in [1.54, 1.807) is 7.11 Å². The molecule has 0 aliphatic heterocycles. The van der Waals surface area contributed by atoms with Crippen molar-refractivity contribution < 1.29 is 14.6 Å². The van der Waals surface area contributed by atoms with E-state index in [-0.39, 0.29) is 6.10 Å². The van der Waals surface area contributed by atoms with E-state index in [1.807, 2.05) is 25.8 Å². The van der Waals surface area contributed by atoms with Gasteiger partial charge in [0.25, 0.3) is 0 Å². The fourth-order valence-electron chi connectivity index (χ4n) is 1.05. The maximum absolute atomic E-state index is 9.56. The Bertz CT molecular complexity index is 131. The second-order valence-electron chi connectivity index (χ2n) is 3.79. The molecular formula is C10H23NO3. The zero-order chi connectivity index (χ0) is 11.0. The molecule has 1 N–H and O–H groups in total. The first-order valence-corrected chi connectivity index (χ1v) is 5.03. The standard InChI is InChI=1S/C10H23NO3/c1-9(2)14-8-10(12)7-11(3)5-6-13-4/h9-10,12H,5-8H2,1-4H3. The largest absolute Gasteiger partial charge is 0.389 e. The molecule has 0 aromatic rings. The van der Waals surface area contributed by atoms with Crippen LogP contribution in [0.2, 0.25) is 0 Å². The van der Waals surface area contributed by atoms with Gasteiger partial charge < -0.3 is 19.5 Å². The molecule has 1 unspecified atom stereocenters. The molecule has 0 aromatic heterocycles. The van der Waals surface area contributed by atoms with E-state index in [0.717, 1.165) is 6.54 Å². The lowest BCUT2D eigenvalue weighted by Gasteiger charge is -2.20. The molecule has 0 radical (unpaired) electrons. The highest BCUT2D eigenvalue weighted by Crippen LogP contribution is 1.94. The number of aliphatic hydroxyl groups is 1. The van der Waals surface area contributed by atoms with Crippen LogP contribution in [0.4, 0.5) is 0 Å². The van der Waals surface area contributed by atoms with Crippen molar-refractivity contribution in [2.24, 2.45) is 0 Å². The van der Waals surface area contributed by atoms with Gasteiger partial charge in [-0.3, -0.25) is 0 Å². The molecule has 0 aliphatic rings. The maximum Gasteiger partial charge on any atom is 0.0900 e. The molecule has 14 heavy (non-hydrogen) atoms. The highest BCUT2D eigenvalue weighted by molar-refractivity contribution is 4.60. The Morgan fingerprint density at radius 2 is 2.00 bits per heavy atom. The lowest BCUT2D eigenvalue weighted by atomic mass is 10.3. The third kappa shape index (κ3) is 8.44. The molecular weight excluding hydrogens is 182 g/mol. The zero-order valence-corrected chi connectivity index (χ0v) is 9.69. The van der Waals surface area contributed by atoms with Crippen LogP contribution in [-0.2, 0) is 9.47 Å². The summed E-state index contributed by atoms with van der Waals surface area (Å²) in [5.74, 6) is 0. The van der Waals surface area contributed by atoms with Crippen LogP contribution in [0.15, 0.2) is 0 Å². The number of nitrogens with zero attached hydrogens (tertiary/aromatic N) is 1. The van der Waals surface area contributed by atoms with Gasteiger partial charge >= 0.3 is 0 Å². The number of likely N-dealkylation sites (N-methyl/N-ethyl adjacent to an activating group) is 1. The third-order valence-corrected chi connectivity index (χ3v) is 1.82. The van der Waals surface area contributed by atoms with Crippen molar-refractivity contribution in [1.82, 2.24) is 4.90 Å². The zero-order valence-electron chi connectivity index (χ0n) is 9.69. The minimum Gasteiger partial charge on any atom is -0.389 e. The summed E-state index contributed by atoms with van der Waals surface area (Å²) in [7, 11) is 3.63. The summed E-state index contributed by atoms with van der Waals surface area (Å²) in [6.45, 7) is 6.46. The Morgan fingerprint density at radius 3 is 2.50 bits per heavy atom. The molecule has 0 aromatic carbocycles. The predicted molar refractivity (Wildman–Crippen MR) is 56.5 cm³/mol. The molecule has 4 nitrogen and oxygen atoms in total. The molecule has 0 amide bonds. The van der Waals surface area contributed by atoms with Crippen LogP contribution >= 0.6 is 0 Å². The summed E-state index contributed by atoms with van der Waals surface area (Å²) in [6, 6.07) is 0. The Kier molecular flexibility index (Phi) is 8.08. The highest BCUT2D eigenvalue weighted by atomic mass is 16.5. The van der Waals surface area contributed by atoms with Crippen LogP contribution in [0.25, 0.3) is 0 Å². The van der Waals surface area contributed by atoms with E-state index in [0.29, 0.717) is 19.8 Å². The molecule has 4 heteroatoms. The van der Waals surface area contributed by atoms with Crippen molar-refractivity contribution in [3.8, 4) is 0 Å². The molecule has 0 saturated heterocycles. The maximum atomic E-state index is 9.56. The summed E-state index contributed by atoms with van der Waals surface area (Å²) in [6.07, 6.45) is -0.242. The summed E-state index contributed by atoms with van der Waals surface area (Å²) in [4.78, 5) is 2.03. The van der Waals surface area contributed by atoms with Crippen molar-refractivity contribution in [2.45, 2.75) is 26.1 Å². The summed E-state index contributed by atoms with van der Waals surface area (Å²) in [5.41, 5.74) is 0. The van der Waals surface area contributed by atoms with Crippen molar-refractivity contribution in [2.75, 3.05) is 40.5 Å². The molecule has 0 rings (SSSR count). The van der Waals surface area contributed by atoms with E-state index < -0.39 is 6.10 Å². The van der Waals surface area contributed by atoms with Gasteiger partial charge in [0.15, 0.2) is 0 Å². The van der Waals surface area contributed by atoms with Crippen molar-refractivity contribution in [1.29, 1.82) is 0 Å². The number of ether oxygens (including phenoxy) is 2. The molecule has 0 saturated carbocycles. The summed E-state index contributed by atoms with van der Waals surface area (Å²) >= 11 is 0. The quantitative estimate of drug-likeness (QED) is 0.621. The normalized spacial score (nSPS) is 13.9. The second kappa shape index (κ2) is 8.17. The van der Waals surface area contributed by atoms with E-state index in [1.165, 1.54) is 0 Å². The fourth-order valence-corrected chi connectivity index (χ4v) is 1.05. The average molecular weight is 205 g/mol. The van der Waals surface area contributed by atoms with Gasteiger partial charge in [-0.15, -0.1) is 0 Å². The van der Waals surface area contributed by atoms with Gasteiger partial charge in [0, 0.05) is 20.2 Å². The third-order valence-electron chi connectivity index (χ3n) is 1.82. The van der Waals surface area contributed by atoms with Gasteiger partial charge in [-0.05, 0) is 20.9 Å². The van der Waals surface area contributed by atoms with Crippen LogP contribution in [0.5, 0.6) is 0 Å². The first-order chi connectivity index (χ1) is 6.56. The summed E-state index contributed by atoms with van der Waals surface area (Å²) in [5, 5.41) is 9.56. The number of rotatable bonds is 8. The minimum atomic E-state index is -0.417. The molecule has 0 heterocycles. The van der Waals surface area contributed by atoms with E-state index in [2.05, 4.69) is 0 Å². The Labute approximate surface area is 86.8 Å². The predicted octanol–water partition coefficient (Wildman–Crippen LogP) is 0.350. The van der Waals surface area contributed by atoms with Crippen molar-refractivity contribution in [3.05, 3.63) is 0 Å². The lowest BCUT2D eigenvalue weighted by Crippen LogP contribution is -2.34. The van der Waals surface area contributed by atoms with Gasteiger partial charge in [0.2, 0.25) is 0 Å². The van der Waals surface area contributed by atoms with E-state index >= 15 is 0 Å². The van der Waals surface area contributed by atoms with Crippen LogP contribution in [0.1, 0.15) is 13.8 Å². The highest BCUT2D eigenvalue weighted by Gasteiger charge is 2.08. The Morgan fingerprint density at radius 1 is 1.36 bits per heavy atom. The summed E-state index contributed by atoms with van der Waals surface area (Å²) < 4.78 is 10.2. The first-order valence-electron chi connectivity index (χ1n) is 5.03. The van der Waals surface area contributed by atoms with Gasteiger partial charge in [-0.1, -0.05) is 0 Å². The molecule has 0 fully saturated rings. The van der Waals surface area contributed by atoms with Gasteiger partial charge in [-0.25, -0.2) is 0 Å². The lowest BCUT2D eigenvalue weighted by molar-refractivity contribution is -0.00748. The number of hydrogen-bond donors (Lipinski definition) is 1. The SMILES string of the molecule is COCCN(C)CC(O)COC(C)C. The molecule has 1 atom stereocenters. The van der Waals surface area contributed by atoms with Crippen LogP contribution in [0, 0.1) is 0 Å². The van der Waals surface area contributed by atoms with Crippen LogP contribution in [-0.4, -0.2) is 62.7 Å².